The number of amides is 1. The van der Waals surface area contributed by atoms with Crippen LogP contribution in [0.3, 0.4) is 0 Å². The average Bonchev–Trinajstić information content (AvgIpc) is 3.74. The van der Waals surface area contributed by atoms with Crippen molar-refractivity contribution < 1.29 is 33.3 Å². The third-order valence-corrected chi connectivity index (χ3v) is 10.7. The topological polar surface area (TPSA) is 111 Å². The number of benzene rings is 4. The number of nitrogens with zero attached hydrogens (tertiary/aromatic N) is 3. The molecule has 0 spiro atoms. The van der Waals surface area contributed by atoms with Gasteiger partial charge in [0.2, 0.25) is 5.13 Å². The fraction of sp³-hybridized carbons (Fsp3) is 0.250. The van der Waals surface area contributed by atoms with E-state index in [1.807, 2.05) is 31.2 Å². The molecule has 1 aromatic heterocycles. The Hall–Kier alpha value is -5.20. The number of carbonyl (C=O) groups excluding carboxylic acids is 2. The van der Waals surface area contributed by atoms with E-state index in [9.17, 15) is 19.1 Å². The van der Waals surface area contributed by atoms with Crippen LogP contribution in [0.15, 0.2) is 101 Å². The van der Waals surface area contributed by atoms with Gasteiger partial charge in [-0.25, -0.2) is 4.39 Å². The lowest BCUT2D eigenvalue weighted by molar-refractivity contribution is -0.132. The van der Waals surface area contributed by atoms with Gasteiger partial charge in [-0.3, -0.25) is 14.5 Å². The number of aromatic nitrogens is 2. The monoisotopic (exact) mass is 739 g/mol. The Morgan fingerprint density at radius 2 is 1.71 bits per heavy atom. The van der Waals surface area contributed by atoms with Gasteiger partial charge in [0.05, 0.1) is 25.3 Å². The number of aliphatic hydroxyl groups excluding tert-OH is 1. The first-order chi connectivity index (χ1) is 25.3. The van der Waals surface area contributed by atoms with Gasteiger partial charge in [0.25, 0.3) is 5.78 Å². The summed E-state index contributed by atoms with van der Waals surface area (Å²) in [5.41, 5.74) is 3.79. The Balaban J connectivity index is 1.33. The molecule has 0 saturated carbocycles. The molecule has 1 fully saturated rings. The van der Waals surface area contributed by atoms with E-state index in [1.54, 1.807) is 54.6 Å². The number of ether oxygens (including phenoxy) is 3. The van der Waals surface area contributed by atoms with Gasteiger partial charge in [0.1, 0.15) is 23.9 Å². The van der Waals surface area contributed by atoms with Gasteiger partial charge in [-0.15, -0.1) is 10.2 Å². The molecule has 9 nitrogen and oxygen atoms in total. The first-order valence-electron chi connectivity index (χ1n) is 16.9. The molecule has 6 rings (SSSR count). The molecule has 0 bridgehead atoms. The van der Waals surface area contributed by atoms with Crippen LogP contribution in [0.25, 0.3) is 5.76 Å². The SMILES string of the molecule is CCCCCOc1ccc(C2/C(=C(\O)c3ccc(OCc4ccccc4C)cc3)C(=O)C(=O)N2c2nnc(SCc3ccc(F)cc3)s2)cc1OC. The second kappa shape index (κ2) is 16.9. The van der Waals surface area contributed by atoms with Crippen molar-refractivity contribution in [2.75, 3.05) is 18.6 Å². The Kier molecular flexibility index (Phi) is 11.9. The van der Waals surface area contributed by atoms with Crippen molar-refractivity contribution in [1.82, 2.24) is 10.2 Å². The molecule has 52 heavy (non-hydrogen) atoms. The van der Waals surface area contributed by atoms with E-state index < -0.39 is 17.7 Å². The molecule has 1 amide bonds. The third-order valence-electron chi connectivity index (χ3n) is 8.61. The van der Waals surface area contributed by atoms with Crippen LogP contribution in [0, 0.1) is 12.7 Å². The van der Waals surface area contributed by atoms with Crippen molar-refractivity contribution in [2.24, 2.45) is 0 Å². The summed E-state index contributed by atoms with van der Waals surface area (Å²) in [4.78, 5) is 28.9. The molecule has 2 heterocycles. The zero-order valence-electron chi connectivity index (χ0n) is 29.0. The van der Waals surface area contributed by atoms with Crippen LogP contribution in [-0.4, -0.2) is 40.7 Å². The molecule has 1 unspecified atom stereocenters. The van der Waals surface area contributed by atoms with Crippen molar-refractivity contribution in [2.45, 2.75) is 55.9 Å². The normalized spacial score (nSPS) is 15.2. The molecule has 0 aliphatic carbocycles. The van der Waals surface area contributed by atoms with Gasteiger partial charge >= 0.3 is 5.91 Å². The number of methoxy groups -OCH3 is 1. The minimum Gasteiger partial charge on any atom is -0.507 e. The number of unbranched alkanes of at least 4 members (excludes halogenated alkanes) is 2. The lowest BCUT2D eigenvalue weighted by Gasteiger charge is -2.23. The number of halogens is 1. The largest absolute Gasteiger partial charge is 0.507 e. The summed E-state index contributed by atoms with van der Waals surface area (Å²) in [5.74, 6) is -0.359. The van der Waals surface area contributed by atoms with E-state index in [-0.39, 0.29) is 22.3 Å². The molecule has 1 atom stereocenters. The number of carbonyl (C=O) groups is 2. The zero-order valence-corrected chi connectivity index (χ0v) is 30.6. The number of hydrogen-bond donors (Lipinski definition) is 1. The standard InChI is InChI=1S/C40H38FN3O6S2/c1-4-5-8-21-49-32-20-15-28(22-33(32)48-3)35-34(36(45)27-13-18-31(19-14-27)50-23-29-10-7-6-9-25(29)2)37(46)38(47)44(35)39-42-43-40(52-39)51-24-26-11-16-30(41)17-12-26/h6-7,9-20,22,35,45H,4-5,8,21,23-24H2,1-3H3/b36-34+. The summed E-state index contributed by atoms with van der Waals surface area (Å²) >= 11 is 2.52. The minimum absolute atomic E-state index is 0.104. The van der Waals surface area contributed by atoms with E-state index in [1.165, 1.54) is 35.9 Å². The van der Waals surface area contributed by atoms with Crippen molar-refractivity contribution in [3.8, 4) is 17.2 Å². The maximum atomic E-state index is 13.8. The highest BCUT2D eigenvalue weighted by molar-refractivity contribution is 8.00. The maximum absolute atomic E-state index is 13.8. The summed E-state index contributed by atoms with van der Waals surface area (Å²) in [6.07, 6.45) is 2.97. The second-order valence-corrected chi connectivity index (χ2v) is 14.3. The van der Waals surface area contributed by atoms with Gasteiger partial charge in [-0.2, -0.15) is 0 Å². The highest BCUT2D eigenvalue weighted by atomic mass is 32.2. The van der Waals surface area contributed by atoms with E-state index in [0.717, 1.165) is 47.3 Å². The summed E-state index contributed by atoms with van der Waals surface area (Å²) in [7, 11) is 1.52. The predicted molar refractivity (Wildman–Crippen MR) is 201 cm³/mol. The lowest BCUT2D eigenvalue weighted by atomic mass is 9.95. The first kappa shape index (κ1) is 36.6. The van der Waals surface area contributed by atoms with Crippen LogP contribution < -0.4 is 19.1 Å². The number of Topliss-reactive ketones (excluding diaryl/α,β-unsaturated/α-hetero) is 1. The van der Waals surface area contributed by atoms with Gasteiger partial charge in [0, 0.05) is 11.3 Å². The zero-order chi connectivity index (χ0) is 36.6. The van der Waals surface area contributed by atoms with Crippen LogP contribution in [0.1, 0.15) is 60.0 Å². The molecule has 1 N–H and O–H groups in total. The number of thioether (sulfide) groups is 1. The molecule has 4 aromatic carbocycles. The van der Waals surface area contributed by atoms with E-state index in [2.05, 4.69) is 17.1 Å². The maximum Gasteiger partial charge on any atom is 0.301 e. The highest BCUT2D eigenvalue weighted by Crippen LogP contribution is 2.46. The summed E-state index contributed by atoms with van der Waals surface area (Å²) in [6, 6.07) is 25.0. The Labute approximate surface area is 310 Å². The molecule has 1 saturated heterocycles. The van der Waals surface area contributed by atoms with Gasteiger partial charge in [-0.05, 0) is 84.1 Å². The number of aliphatic hydroxyl groups is 1. The van der Waals surface area contributed by atoms with Crippen LogP contribution in [0.2, 0.25) is 0 Å². The second-order valence-electron chi connectivity index (χ2n) is 12.1. The Bertz CT molecular complexity index is 2070. The van der Waals surface area contributed by atoms with Gasteiger partial charge in [0.15, 0.2) is 15.8 Å². The fourth-order valence-corrected chi connectivity index (χ4v) is 7.56. The van der Waals surface area contributed by atoms with Crippen LogP contribution in [0.5, 0.6) is 17.2 Å². The quantitative estimate of drug-likeness (QED) is 0.0281. The molecule has 5 aromatic rings. The molecular formula is C40H38FN3O6S2. The number of anilines is 1. The number of hydrogen-bond acceptors (Lipinski definition) is 10. The Morgan fingerprint density at radius 3 is 2.44 bits per heavy atom. The summed E-state index contributed by atoms with van der Waals surface area (Å²) in [6.45, 7) is 5.02. The van der Waals surface area contributed by atoms with Crippen LogP contribution in [0.4, 0.5) is 9.52 Å². The highest BCUT2D eigenvalue weighted by Gasteiger charge is 2.48. The average molecular weight is 740 g/mol. The van der Waals surface area contributed by atoms with Gasteiger partial charge in [-0.1, -0.05) is 85.3 Å². The van der Waals surface area contributed by atoms with Crippen molar-refractivity contribution in [3.63, 3.8) is 0 Å². The van der Waals surface area contributed by atoms with Crippen molar-refractivity contribution in [3.05, 3.63) is 130 Å². The minimum atomic E-state index is -1.05. The number of ketones is 1. The molecule has 1 aliphatic rings. The third kappa shape index (κ3) is 8.29. The van der Waals surface area contributed by atoms with Crippen LogP contribution >= 0.6 is 23.1 Å². The van der Waals surface area contributed by atoms with Crippen molar-refractivity contribution >= 4 is 45.7 Å². The summed E-state index contributed by atoms with van der Waals surface area (Å²) in [5, 5.41) is 20.5. The number of rotatable bonds is 15. The van der Waals surface area contributed by atoms with Crippen molar-refractivity contribution in [1.29, 1.82) is 0 Å². The number of aryl methyl sites for hydroxylation is 1. The smallest absolute Gasteiger partial charge is 0.301 e. The molecular weight excluding hydrogens is 702 g/mol. The lowest BCUT2D eigenvalue weighted by Crippen LogP contribution is -2.29. The Morgan fingerprint density at radius 1 is 0.942 bits per heavy atom. The van der Waals surface area contributed by atoms with E-state index in [0.29, 0.717) is 51.7 Å². The molecule has 1 aliphatic heterocycles. The fourth-order valence-electron chi connectivity index (χ4n) is 5.73. The molecule has 0 radical (unpaired) electrons. The predicted octanol–water partition coefficient (Wildman–Crippen LogP) is 9.06. The van der Waals surface area contributed by atoms with Gasteiger partial charge < -0.3 is 19.3 Å². The first-order valence-corrected chi connectivity index (χ1v) is 18.7. The molecule has 268 valence electrons. The van der Waals surface area contributed by atoms with Crippen LogP contribution in [-0.2, 0) is 21.9 Å². The van der Waals surface area contributed by atoms with E-state index >= 15 is 0 Å². The summed E-state index contributed by atoms with van der Waals surface area (Å²) < 4.78 is 31.6. The molecule has 12 heteroatoms. The van der Waals surface area contributed by atoms with E-state index in [4.69, 9.17) is 14.2 Å².